The summed E-state index contributed by atoms with van der Waals surface area (Å²) < 4.78 is 0. The van der Waals surface area contributed by atoms with Crippen molar-refractivity contribution in [3.8, 4) is 0 Å². The molecule has 1 aliphatic heterocycles. The van der Waals surface area contributed by atoms with Gasteiger partial charge in [-0.2, -0.15) is 0 Å². The fourth-order valence-corrected chi connectivity index (χ4v) is 1.98. The zero-order valence-corrected chi connectivity index (χ0v) is 11.1. The second kappa shape index (κ2) is 4.42. The zero-order valence-electron chi connectivity index (χ0n) is 11.1. The standard InChI is InChI=1S/C13H28N2/c1-11-6-8-15(9-7-11)10-12(2,3)13(4,5)14/h11H,6-10,14H2,1-5H3. The average molecular weight is 212 g/mol. The van der Waals surface area contributed by atoms with Gasteiger partial charge in [-0.1, -0.05) is 20.8 Å². The molecule has 0 aromatic heterocycles. The molecule has 0 bridgehead atoms. The zero-order chi connectivity index (χ0) is 11.7. The van der Waals surface area contributed by atoms with E-state index in [1.165, 1.54) is 25.9 Å². The lowest BCUT2D eigenvalue weighted by Gasteiger charge is -2.43. The number of piperidine rings is 1. The Bertz CT molecular complexity index is 195. The Kier molecular flexibility index (Phi) is 3.83. The van der Waals surface area contributed by atoms with E-state index in [-0.39, 0.29) is 11.0 Å². The molecular weight excluding hydrogens is 184 g/mol. The molecule has 0 amide bonds. The minimum Gasteiger partial charge on any atom is -0.325 e. The molecule has 1 aliphatic rings. The van der Waals surface area contributed by atoms with Crippen LogP contribution in [0, 0.1) is 11.3 Å². The van der Waals surface area contributed by atoms with E-state index in [4.69, 9.17) is 5.73 Å². The number of hydrogen-bond acceptors (Lipinski definition) is 2. The Morgan fingerprint density at radius 2 is 1.60 bits per heavy atom. The molecule has 15 heavy (non-hydrogen) atoms. The molecule has 0 aliphatic carbocycles. The predicted molar refractivity (Wildman–Crippen MR) is 66.9 cm³/mol. The maximum atomic E-state index is 6.23. The number of rotatable bonds is 3. The number of likely N-dealkylation sites (tertiary alicyclic amines) is 1. The summed E-state index contributed by atoms with van der Waals surface area (Å²) in [5, 5.41) is 0. The first-order valence-electron chi connectivity index (χ1n) is 6.23. The van der Waals surface area contributed by atoms with E-state index in [0.29, 0.717) is 0 Å². The lowest BCUT2D eigenvalue weighted by atomic mass is 9.74. The molecule has 1 saturated heterocycles. The van der Waals surface area contributed by atoms with Gasteiger partial charge in [0.15, 0.2) is 0 Å². The third-order valence-corrected chi connectivity index (χ3v) is 4.24. The van der Waals surface area contributed by atoms with Crippen molar-refractivity contribution in [2.45, 2.75) is 53.0 Å². The summed E-state index contributed by atoms with van der Waals surface area (Å²) in [6, 6.07) is 0. The minimum absolute atomic E-state index is 0.101. The van der Waals surface area contributed by atoms with Gasteiger partial charge in [0, 0.05) is 12.1 Å². The van der Waals surface area contributed by atoms with Crippen LogP contribution in [0.4, 0.5) is 0 Å². The van der Waals surface area contributed by atoms with Gasteiger partial charge in [0.25, 0.3) is 0 Å². The van der Waals surface area contributed by atoms with Gasteiger partial charge in [-0.15, -0.1) is 0 Å². The molecule has 0 atom stereocenters. The van der Waals surface area contributed by atoms with Crippen LogP contribution in [0.15, 0.2) is 0 Å². The van der Waals surface area contributed by atoms with Gasteiger partial charge >= 0.3 is 0 Å². The summed E-state index contributed by atoms with van der Waals surface area (Å²) in [6.07, 6.45) is 2.70. The van der Waals surface area contributed by atoms with Crippen LogP contribution in [0.25, 0.3) is 0 Å². The number of nitrogens with two attached hydrogens (primary N) is 1. The molecule has 1 heterocycles. The highest BCUT2D eigenvalue weighted by atomic mass is 15.1. The molecule has 0 radical (unpaired) electrons. The summed E-state index contributed by atoms with van der Waals surface area (Å²) in [6.45, 7) is 14.8. The van der Waals surface area contributed by atoms with E-state index in [9.17, 15) is 0 Å². The molecule has 2 N–H and O–H groups in total. The summed E-state index contributed by atoms with van der Waals surface area (Å²) in [4.78, 5) is 2.58. The molecule has 1 fully saturated rings. The average Bonchev–Trinajstić information content (AvgIpc) is 2.06. The van der Waals surface area contributed by atoms with Crippen molar-refractivity contribution in [2.75, 3.05) is 19.6 Å². The fourth-order valence-electron chi connectivity index (χ4n) is 1.98. The van der Waals surface area contributed by atoms with Crippen LogP contribution in [-0.4, -0.2) is 30.1 Å². The third kappa shape index (κ3) is 3.46. The largest absolute Gasteiger partial charge is 0.325 e. The summed E-state index contributed by atoms with van der Waals surface area (Å²) in [7, 11) is 0. The van der Waals surface area contributed by atoms with E-state index in [0.717, 1.165) is 12.5 Å². The first kappa shape index (κ1) is 13.0. The van der Waals surface area contributed by atoms with Crippen molar-refractivity contribution in [1.82, 2.24) is 4.90 Å². The Hall–Kier alpha value is -0.0800. The molecule has 0 spiro atoms. The smallest absolute Gasteiger partial charge is 0.0161 e. The molecule has 1 rings (SSSR count). The highest BCUT2D eigenvalue weighted by Gasteiger charge is 2.35. The molecule has 90 valence electrons. The first-order chi connectivity index (χ1) is 6.72. The third-order valence-electron chi connectivity index (χ3n) is 4.24. The van der Waals surface area contributed by atoms with Crippen molar-refractivity contribution in [1.29, 1.82) is 0 Å². The van der Waals surface area contributed by atoms with E-state index in [1.807, 2.05) is 0 Å². The highest BCUT2D eigenvalue weighted by molar-refractivity contribution is 4.92. The maximum absolute atomic E-state index is 6.23. The Labute approximate surface area is 95.2 Å². The summed E-state index contributed by atoms with van der Waals surface area (Å²) >= 11 is 0. The van der Waals surface area contributed by atoms with Gasteiger partial charge in [0.2, 0.25) is 0 Å². The van der Waals surface area contributed by atoms with E-state index >= 15 is 0 Å². The molecule has 0 aromatic rings. The molecule has 0 aromatic carbocycles. The van der Waals surface area contributed by atoms with Crippen LogP contribution in [0.5, 0.6) is 0 Å². The monoisotopic (exact) mass is 212 g/mol. The van der Waals surface area contributed by atoms with Crippen molar-refractivity contribution < 1.29 is 0 Å². The van der Waals surface area contributed by atoms with Crippen LogP contribution >= 0.6 is 0 Å². The minimum atomic E-state index is -0.101. The SMILES string of the molecule is CC1CCN(CC(C)(C)C(C)(C)N)CC1. The second-order valence-corrected chi connectivity index (χ2v) is 6.56. The Morgan fingerprint density at radius 3 is 2.00 bits per heavy atom. The van der Waals surface area contributed by atoms with E-state index < -0.39 is 0 Å². The molecule has 2 nitrogen and oxygen atoms in total. The van der Waals surface area contributed by atoms with Crippen molar-refractivity contribution in [3.05, 3.63) is 0 Å². The van der Waals surface area contributed by atoms with Gasteiger partial charge < -0.3 is 10.6 Å². The maximum Gasteiger partial charge on any atom is 0.0161 e. The van der Waals surface area contributed by atoms with Crippen molar-refractivity contribution in [2.24, 2.45) is 17.1 Å². The molecule has 0 unspecified atom stereocenters. The first-order valence-corrected chi connectivity index (χ1v) is 6.23. The van der Waals surface area contributed by atoms with Crippen LogP contribution in [0.3, 0.4) is 0 Å². The topological polar surface area (TPSA) is 29.3 Å². The van der Waals surface area contributed by atoms with Crippen molar-refractivity contribution >= 4 is 0 Å². The molecule has 0 saturated carbocycles. The van der Waals surface area contributed by atoms with Gasteiger partial charge in [0.1, 0.15) is 0 Å². The van der Waals surface area contributed by atoms with Crippen LogP contribution in [0.1, 0.15) is 47.5 Å². The fraction of sp³-hybridized carbons (Fsp3) is 1.00. The quantitative estimate of drug-likeness (QED) is 0.779. The van der Waals surface area contributed by atoms with E-state index in [2.05, 4.69) is 39.5 Å². The number of hydrogen-bond donors (Lipinski definition) is 1. The van der Waals surface area contributed by atoms with Crippen molar-refractivity contribution in [3.63, 3.8) is 0 Å². The normalized spacial score (nSPS) is 22.0. The van der Waals surface area contributed by atoms with Crippen LogP contribution < -0.4 is 5.73 Å². The Morgan fingerprint density at radius 1 is 1.13 bits per heavy atom. The van der Waals surface area contributed by atoms with Gasteiger partial charge in [-0.25, -0.2) is 0 Å². The van der Waals surface area contributed by atoms with Gasteiger partial charge in [-0.05, 0) is 51.1 Å². The predicted octanol–water partition coefficient (Wildman–Crippen LogP) is 2.48. The van der Waals surface area contributed by atoms with E-state index in [1.54, 1.807) is 0 Å². The Balaban J connectivity index is 2.48. The summed E-state index contributed by atoms with van der Waals surface area (Å²) in [5.41, 5.74) is 6.32. The van der Waals surface area contributed by atoms with Gasteiger partial charge in [-0.3, -0.25) is 0 Å². The summed E-state index contributed by atoms with van der Waals surface area (Å²) in [5.74, 6) is 0.912. The highest BCUT2D eigenvalue weighted by Crippen LogP contribution is 2.30. The number of nitrogens with zero attached hydrogens (tertiary/aromatic N) is 1. The van der Waals surface area contributed by atoms with Crippen LogP contribution in [-0.2, 0) is 0 Å². The lowest BCUT2D eigenvalue weighted by Crippen LogP contribution is -2.53. The van der Waals surface area contributed by atoms with Gasteiger partial charge in [0.05, 0.1) is 0 Å². The molecule has 2 heteroatoms. The van der Waals surface area contributed by atoms with Crippen LogP contribution in [0.2, 0.25) is 0 Å². The second-order valence-electron chi connectivity index (χ2n) is 6.56. The molecular formula is C13H28N2. The lowest BCUT2D eigenvalue weighted by molar-refractivity contribution is 0.0884.